The van der Waals surface area contributed by atoms with E-state index >= 15 is 0 Å². The Labute approximate surface area is 125 Å². The van der Waals surface area contributed by atoms with Crippen LogP contribution < -0.4 is 15.2 Å². The van der Waals surface area contributed by atoms with Gasteiger partial charge >= 0.3 is 0 Å². The number of methoxy groups -OCH3 is 1. The monoisotopic (exact) mass is 335 g/mol. The zero-order valence-corrected chi connectivity index (χ0v) is 12.8. The molecule has 0 saturated carbocycles. The van der Waals surface area contributed by atoms with Gasteiger partial charge in [-0.3, -0.25) is 0 Å². The van der Waals surface area contributed by atoms with E-state index in [1.54, 1.807) is 13.3 Å². The van der Waals surface area contributed by atoms with Crippen molar-refractivity contribution in [2.24, 2.45) is 0 Å². The molecular weight excluding hydrogens is 322 g/mol. The van der Waals surface area contributed by atoms with Crippen molar-refractivity contribution in [3.8, 4) is 22.9 Å². The lowest BCUT2D eigenvalue weighted by atomic mass is 10.1. The second-order valence-electron chi connectivity index (χ2n) is 4.72. The zero-order valence-electron chi connectivity index (χ0n) is 11.2. The summed E-state index contributed by atoms with van der Waals surface area (Å²) in [5.74, 6) is 2.50. The number of nitrogen functional groups attached to an aromatic ring is 1. The number of nitrogens with two attached hydrogens (primary N) is 1. The largest absolute Gasteiger partial charge is 0.496 e. The van der Waals surface area contributed by atoms with Crippen LogP contribution in [0.2, 0.25) is 0 Å². The minimum atomic E-state index is 0.181. The minimum Gasteiger partial charge on any atom is -0.496 e. The number of ether oxygens (including phenoxy) is 2. The maximum absolute atomic E-state index is 5.81. The topological polar surface area (TPSA) is 70.3 Å². The van der Waals surface area contributed by atoms with E-state index in [9.17, 15) is 0 Å². The summed E-state index contributed by atoms with van der Waals surface area (Å²) in [5.41, 5.74) is 7.73. The Bertz CT molecular complexity index is 676. The molecule has 0 fully saturated rings. The van der Waals surface area contributed by atoms with Crippen LogP contribution in [-0.2, 0) is 6.42 Å². The van der Waals surface area contributed by atoms with Crippen LogP contribution >= 0.6 is 15.9 Å². The first-order valence-electron chi connectivity index (χ1n) is 6.24. The van der Waals surface area contributed by atoms with Crippen molar-refractivity contribution in [2.45, 2.75) is 19.4 Å². The number of halogens is 1. The molecule has 1 unspecified atom stereocenters. The van der Waals surface area contributed by atoms with Crippen LogP contribution in [0, 0.1) is 0 Å². The van der Waals surface area contributed by atoms with Gasteiger partial charge in [0.15, 0.2) is 5.82 Å². The molecule has 0 amide bonds. The number of hydrogen-bond donors (Lipinski definition) is 1. The third-order valence-electron chi connectivity index (χ3n) is 3.23. The average Bonchev–Trinajstić information content (AvgIpc) is 2.79. The summed E-state index contributed by atoms with van der Waals surface area (Å²) in [5, 5.41) is 0. The van der Waals surface area contributed by atoms with E-state index in [2.05, 4.69) is 25.9 Å². The summed E-state index contributed by atoms with van der Waals surface area (Å²) in [6, 6.07) is 3.90. The standard InChI is InChI=1S/C14H14BrN3O2/c1-7-3-8-4-12(19-2)9(5-11(8)20-7)14-17-6-10(15)13(16)18-14/h4-7H,3H2,1-2H3,(H2,16,17,18). The fourth-order valence-corrected chi connectivity index (χ4v) is 2.48. The molecule has 3 rings (SSSR count). The van der Waals surface area contributed by atoms with Crippen LogP contribution in [0.3, 0.4) is 0 Å². The van der Waals surface area contributed by atoms with Crippen molar-refractivity contribution in [2.75, 3.05) is 12.8 Å². The highest BCUT2D eigenvalue weighted by Gasteiger charge is 2.23. The fraction of sp³-hybridized carbons (Fsp3) is 0.286. The summed E-state index contributed by atoms with van der Waals surface area (Å²) >= 11 is 3.29. The number of fused-ring (bicyclic) bond motifs is 1. The molecule has 20 heavy (non-hydrogen) atoms. The van der Waals surface area contributed by atoms with Crippen LogP contribution in [0.5, 0.6) is 11.5 Å². The van der Waals surface area contributed by atoms with Gasteiger partial charge in [0, 0.05) is 18.2 Å². The Hall–Kier alpha value is -1.82. The lowest BCUT2D eigenvalue weighted by molar-refractivity contribution is 0.254. The van der Waals surface area contributed by atoms with Crippen molar-refractivity contribution in [3.05, 3.63) is 28.4 Å². The van der Waals surface area contributed by atoms with Gasteiger partial charge < -0.3 is 15.2 Å². The average molecular weight is 336 g/mol. The smallest absolute Gasteiger partial charge is 0.165 e. The lowest BCUT2D eigenvalue weighted by Crippen LogP contribution is -2.05. The van der Waals surface area contributed by atoms with E-state index in [4.69, 9.17) is 15.2 Å². The van der Waals surface area contributed by atoms with E-state index < -0.39 is 0 Å². The number of hydrogen-bond acceptors (Lipinski definition) is 5. The molecule has 1 aliphatic heterocycles. The van der Waals surface area contributed by atoms with Gasteiger partial charge in [-0.05, 0) is 35.0 Å². The molecule has 1 atom stereocenters. The molecule has 0 spiro atoms. The molecule has 0 bridgehead atoms. The van der Waals surface area contributed by atoms with Crippen LogP contribution in [0.15, 0.2) is 22.8 Å². The van der Waals surface area contributed by atoms with Crippen LogP contribution in [0.1, 0.15) is 12.5 Å². The van der Waals surface area contributed by atoms with Gasteiger partial charge in [0.1, 0.15) is 23.4 Å². The first-order chi connectivity index (χ1) is 9.58. The summed E-state index contributed by atoms with van der Waals surface area (Å²) in [7, 11) is 1.63. The molecule has 2 heterocycles. The summed E-state index contributed by atoms with van der Waals surface area (Å²) in [6.45, 7) is 2.04. The number of rotatable bonds is 2. The molecule has 1 aromatic carbocycles. The summed E-state index contributed by atoms with van der Waals surface area (Å²) in [6.07, 6.45) is 2.70. The molecule has 2 aromatic rings. The predicted molar refractivity (Wildman–Crippen MR) is 79.9 cm³/mol. The van der Waals surface area contributed by atoms with Crippen LogP contribution in [0.4, 0.5) is 5.82 Å². The lowest BCUT2D eigenvalue weighted by Gasteiger charge is -2.10. The molecule has 104 valence electrons. The SMILES string of the molecule is COc1cc2c(cc1-c1ncc(Br)c(N)n1)OC(C)C2. The fourth-order valence-electron chi connectivity index (χ4n) is 2.29. The molecule has 1 aliphatic rings. The molecule has 0 radical (unpaired) electrons. The van der Waals surface area contributed by atoms with Crippen molar-refractivity contribution in [1.82, 2.24) is 9.97 Å². The van der Waals surface area contributed by atoms with Crippen LogP contribution in [0.25, 0.3) is 11.4 Å². The van der Waals surface area contributed by atoms with Gasteiger partial charge in [0.2, 0.25) is 0 Å². The Morgan fingerprint density at radius 1 is 1.45 bits per heavy atom. The van der Waals surface area contributed by atoms with E-state index in [1.807, 2.05) is 19.1 Å². The number of aromatic nitrogens is 2. The molecule has 1 aromatic heterocycles. The molecule has 6 heteroatoms. The Balaban J connectivity index is 2.13. The van der Waals surface area contributed by atoms with Crippen LogP contribution in [-0.4, -0.2) is 23.2 Å². The molecular formula is C14H14BrN3O2. The maximum atomic E-state index is 5.81. The van der Waals surface area contributed by atoms with E-state index in [0.717, 1.165) is 29.0 Å². The second-order valence-corrected chi connectivity index (χ2v) is 5.57. The molecule has 0 aliphatic carbocycles. The van der Waals surface area contributed by atoms with Gasteiger partial charge in [0.05, 0.1) is 17.1 Å². The molecule has 0 saturated heterocycles. The van der Waals surface area contributed by atoms with Gasteiger partial charge in [-0.1, -0.05) is 0 Å². The van der Waals surface area contributed by atoms with Crippen molar-refractivity contribution < 1.29 is 9.47 Å². The Kier molecular flexibility index (Phi) is 3.25. The predicted octanol–water partition coefficient (Wildman–Crippen LogP) is 2.82. The van der Waals surface area contributed by atoms with Gasteiger partial charge in [0.25, 0.3) is 0 Å². The normalized spacial score (nSPS) is 16.6. The minimum absolute atomic E-state index is 0.181. The van der Waals surface area contributed by atoms with Gasteiger partial charge in [-0.2, -0.15) is 0 Å². The van der Waals surface area contributed by atoms with E-state index in [-0.39, 0.29) is 6.10 Å². The number of anilines is 1. The van der Waals surface area contributed by atoms with Crippen molar-refractivity contribution in [3.63, 3.8) is 0 Å². The third-order valence-corrected chi connectivity index (χ3v) is 3.84. The molecule has 2 N–H and O–H groups in total. The van der Waals surface area contributed by atoms with Crippen molar-refractivity contribution in [1.29, 1.82) is 0 Å². The van der Waals surface area contributed by atoms with E-state index in [0.29, 0.717) is 16.1 Å². The second kappa shape index (κ2) is 4.94. The molecule has 5 nitrogen and oxygen atoms in total. The maximum Gasteiger partial charge on any atom is 0.165 e. The summed E-state index contributed by atoms with van der Waals surface area (Å²) in [4.78, 5) is 8.57. The number of nitrogens with zero attached hydrogens (tertiary/aromatic N) is 2. The highest BCUT2D eigenvalue weighted by molar-refractivity contribution is 9.10. The Morgan fingerprint density at radius 2 is 2.25 bits per heavy atom. The third kappa shape index (κ3) is 2.20. The zero-order chi connectivity index (χ0) is 14.3. The number of benzene rings is 1. The van der Waals surface area contributed by atoms with Gasteiger partial charge in [-0.15, -0.1) is 0 Å². The highest BCUT2D eigenvalue weighted by Crippen LogP contribution is 2.39. The first kappa shape index (κ1) is 13.2. The van der Waals surface area contributed by atoms with Crippen molar-refractivity contribution >= 4 is 21.7 Å². The highest BCUT2D eigenvalue weighted by atomic mass is 79.9. The van der Waals surface area contributed by atoms with Gasteiger partial charge in [-0.25, -0.2) is 9.97 Å². The summed E-state index contributed by atoms with van der Waals surface area (Å²) < 4.78 is 11.9. The Morgan fingerprint density at radius 3 is 2.95 bits per heavy atom. The first-order valence-corrected chi connectivity index (χ1v) is 7.03. The van der Waals surface area contributed by atoms with E-state index in [1.165, 1.54) is 0 Å². The quantitative estimate of drug-likeness (QED) is 0.913.